The molecule has 4 N–H and O–H groups in total. The topological polar surface area (TPSA) is 131 Å². The summed E-state index contributed by atoms with van der Waals surface area (Å²) in [5.74, 6) is 0.0831. The van der Waals surface area contributed by atoms with Crippen LogP contribution in [0.4, 0.5) is 0 Å². The number of aromatic nitrogens is 4. The molecule has 0 bridgehead atoms. The fourth-order valence-electron chi connectivity index (χ4n) is 1.45. The summed E-state index contributed by atoms with van der Waals surface area (Å²) in [6.45, 7) is 0.212. The van der Waals surface area contributed by atoms with Crippen LogP contribution in [-0.2, 0) is 13.6 Å². The summed E-state index contributed by atoms with van der Waals surface area (Å²) in [6, 6.07) is 3.02. The maximum Gasteiger partial charge on any atom is 0.270 e. The minimum Gasteiger partial charge on any atom is -0.409 e. The Morgan fingerprint density at radius 2 is 2.30 bits per heavy atom. The number of hydrogen-bond acceptors (Lipinski definition) is 6. The second-order valence-corrected chi connectivity index (χ2v) is 3.93. The van der Waals surface area contributed by atoms with Gasteiger partial charge in [-0.1, -0.05) is 5.16 Å². The van der Waals surface area contributed by atoms with Gasteiger partial charge in [-0.2, -0.15) is 5.10 Å². The maximum absolute atomic E-state index is 11.8. The van der Waals surface area contributed by atoms with E-state index in [9.17, 15) is 4.79 Å². The summed E-state index contributed by atoms with van der Waals surface area (Å²) >= 11 is 0. The third kappa shape index (κ3) is 3.07. The molecular formula is C11H13N7O2. The van der Waals surface area contributed by atoms with Crippen LogP contribution in [0, 0.1) is 0 Å². The highest BCUT2D eigenvalue weighted by molar-refractivity contribution is 5.98. The molecule has 0 aliphatic rings. The van der Waals surface area contributed by atoms with Gasteiger partial charge in [-0.05, 0) is 12.1 Å². The van der Waals surface area contributed by atoms with E-state index in [-0.39, 0.29) is 24.0 Å². The quantitative estimate of drug-likeness (QED) is 0.291. The first kappa shape index (κ1) is 13.5. The van der Waals surface area contributed by atoms with Crippen molar-refractivity contribution in [1.82, 2.24) is 25.1 Å². The third-order valence-electron chi connectivity index (χ3n) is 2.45. The molecule has 0 aromatic carbocycles. The highest BCUT2D eigenvalue weighted by Gasteiger charge is 2.09. The van der Waals surface area contributed by atoms with E-state index in [0.717, 1.165) is 0 Å². The summed E-state index contributed by atoms with van der Waals surface area (Å²) in [5.41, 5.74) is 6.04. The number of nitrogens with one attached hydrogen (secondary N) is 1. The van der Waals surface area contributed by atoms with Crippen molar-refractivity contribution in [3.8, 4) is 0 Å². The zero-order valence-corrected chi connectivity index (χ0v) is 10.7. The van der Waals surface area contributed by atoms with Gasteiger partial charge < -0.3 is 16.3 Å². The normalized spacial score (nSPS) is 11.3. The predicted octanol–water partition coefficient (Wildman–Crippen LogP) is -0.765. The van der Waals surface area contributed by atoms with Gasteiger partial charge in [0, 0.05) is 18.8 Å². The summed E-state index contributed by atoms with van der Waals surface area (Å²) in [7, 11) is 1.74. The molecule has 9 heteroatoms. The zero-order valence-electron chi connectivity index (χ0n) is 10.7. The van der Waals surface area contributed by atoms with E-state index in [0.29, 0.717) is 11.4 Å². The van der Waals surface area contributed by atoms with Crippen LogP contribution in [0.15, 0.2) is 29.8 Å². The minimum atomic E-state index is -0.358. The van der Waals surface area contributed by atoms with E-state index in [1.807, 2.05) is 0 Å². The molecule has 0 saturated carbocycles. The summed E-state index contributed by atoms with van der Waals surface area (Å²) < 4.78 is 1.55. The maximum atomic E-state index is 11.8. The number of amides is 1. The number of nitrogens with zero attached hydrogens (tertiary/aromatic N) is 5. The van der Waals surface area contributed by atoms with Gasteiger partial charge in [-0.3, -0.25) is 14.5 Å². The van der Waals surface area contributed by atoms with Crippen LogP contribution in [0.25, 0.3) is 0 Å². The Kier molecular flexibility index (Phi) is 3.89. The van der Waals surface area contributed by atoms with Crippen molar-refractivity contribution in [2.75, 3.05) is 0 Å². The van der Waals surface area contributed by atoms with Crippen molar-refractivity contribution in [2.45, 2.75) is 6.54 Å². The lowest BCUT2D eigenvalue weighted by molar-refractivity contribution is 0.0945. The highest BCUT2D eigenvalue weighted by Crippen LogP contribution is 2.00. The standard InChI is InChI=1S/C11H13N7O2/c1-18-6-15-9(16-18)5-14-11(19)8-3-2-7(4-13-8)10(12)17-20/h2-4,6,20H,5H2,1H3,(H2,12,17)(H,14,19). The molecule has 2 aromatic heterocycles. The molecule has 9 nitrogen and oxygen atoms in total. The van der Waals surface area contributed by atoms with Crippen LogP contribution in [0.2, 0.25) is 0 Å². The van der Waals surface area contributed by atoms with Crippen molar-refractivity contribution in [2.24, 2.45) is 17.9 Å². The zero-order chi connectivity index (χ0) is 14.5. The molecule has 0 fully saturated rings. The minimum absolute atomic E-state index is 0.0675. The average molecular weight is 275 g/mol. The number of amidine groups is 1. The first-order valence-corrected chi connectivity index (χ1v) is 5.67. The van der Waals surface area contributed by atoms with Crippen molar-refractivity contribution < 1.29 is 10.0 Å². The van der Waals surface area contributed by atoms with Crippen LogP contribution >= 0.6 is 0 Å². The number of oxime groups is 1. The lowest BCUT2D eigenvalue weighted by atomic mass is 10.2. The van der Waals surface area contributed by atoms with E-state index in [2.05, 4.69) is 25.5 Å². The molecule has 0 unspecified atom stereocenters. The Morgan fingerprint density at radius 1 is 1.50 bits per heavy atom. The Labute approximate surface area is 114 Å². The number of rotatable bonds is 4. The van der Waals surface area contributed by atoms with Crippen LogP contribution in [-0.4, -0.2) is 36.7 Å². The fraction of sp³-hybridized carbons (Fsp3) is 0.182. The Morgan fingerprint density at radius 3 is 2.85 bits per heavy atom. The second kappa shape index (κ2) is 5.78. The van der Waals surface area contributed by atoms with Gasteiger partial charge in [0.15, 0.2) is 11.7 Å². The second-order valence-electron chi connectivity index (χ2n) is 3.93. The molecule has 0 spiro atoms. The Balaban J connectivity index is 1.99. The van der Waals surface area contributed by atoms with Gasteiger partial charge in [0.05, 0.1) is 6.54 Å². The molecular weight excluding hydrogens is 262 g/mol. The lowest BCUT2D eigenvalue weighted by Crippen LogP contribution is -2.24. The molecule has 2 aromatic rings. The van der Waals surface area contributed by atoms with Crippen molar-refractivity contribution in [1.29, 1.82) is 0 Å². The molecule has 0 radical (unpaired) electrons. The van der Waals surface area contributed by atoms with E-state index in [1.165, 1.54) is 18.3 Å². The van der Waals surface area contributed by atoms with Crippen LogP contribution < -0.4 is 11.1 Å². The summed E-state index contributed by atoms with van der Waals surface area (Å²) in [6.07, 6.45) is 2.90. The molecule has 2 rings (SSSR count). The predicted molar refractivity (Wildman–Crippen MR) is 68.9 cm³/mol. The van der Waals surface area contributed by atoms with E-state index < -0.39 is 0 Å². The monoisotopic (exact) mass is 275 g/mol. The van der Waals surface area contributed by atoms with Gasteiger partial charge in [-0.25, -0.2) is 4.98 Å². The van der Waals surface area contributed by atoms with E-state index in [4.69, 9.17) is 10.9 Å². The van der Waals surface area contributed by atoms with E-state index in [1.54, 1.807) is 18.1 Å². The van der Waals surface area contributed by atoms with Gasteiger partial charge in [0.2, 0.25) is 0 Å². The van der Waals surface area contributed by atoms with Gasteiger partial charge in [-0.15, -0.1) is 0 Å². The molecule has 0 saturated heterocycles. The van der Waals surface area contributed by atoms with Crippen LogP contribution in [0.1, 0.15) is 21.9 Å². The number of hydrogen-bond donors (Lipinski definition) is 3. The average Bonchev–Trinajstić information content (AvgIpc) is 2.89. The SMILES string of the molecule is Cn1cnc(CNC(=O)c2ccc(/C(N)=N/O)cn2)n1. The number of aryl methyl sites for hydroxylation is 1. The molecule has 1 amide bonds. The number of carbonyl (C=O) groups excluding carboxylic acids is 1. The summed E-state index contributed by atoms with van der Waals surface area (Å²) in [5, 5.41) is 18.0. The van der Waals surface area contributed by atoms with Gasteiger partial charge in [0.1, 0.15) is 12.0 Å². The third-order valence-corrected chi connectivity index (χ3v) is 2.45. The Hall–Kier alpha value is -2.97. The lowest BCUT2D eigenvalue weighted by Gasteiger charge is -2.03. The van der Waals surface area contributed by atoms with Crippen LogP contribution in [0.5, 0.6) is 0 Å². The Bertz CT molecular complexity index is 632. The molecule has 0 aliphatic carbocycles. The van der Waals surface area contributed by atoms with Crippen molar-refractivity contribution in [3.63, 3.8) is 0 Å². The molecule has 20 heavy (non-hydrogen) atoms. The summed E-state index contributed by atoms with van der Waals surface area (Å²) in [4.78, 5) is 19.8. The number of pyridine rings is 1. The van der Waals surface area contributed by atoms with Gasteiger partial charge >= 0.3 is 0 Å². The molecule has 104 valence electrons. The number of nitrogens with two attached hydrogens (primary N) is 1. The first-order valence-electron chi connectivity index (χ1n) is 5.67. The molecule has 0 aliphatic heterocycles. The van der Waals surface area contributed by atoms with Crippen molar-refractivity contribution in [3.05, 3.63) is 41.7 Å². The van der Waals surface area contributed by atoms with Gasteiger partial charge in [0.25, 0.3) is 5.91 Å². The largest absolute Gasteiger partial charge is 0.409 e. The molecule has 0 atom stereocenters. The van der Waals surface area contributed by atoms with E-state index >= 15 is 0 Å². The van der Waals surface area contributed by atoms with Crippen molar-refractivity contribution >= 4 is 11.7 Å². The highest BCUT2D eigenvalue weighted by atomic mass is 16.4. The number of carbonyl (C=O) groups is 1. The van der Waals surface area contributed by atoms with Crippen LogP contribution in [0.3, 0.4) is 0 Å². The smallest absolute Gasteiger partial charge is 0.270 e. The first-order chi connectivity index (χ1) is 9.60. The fourth-order valence-corrected chi connectivity index (χ4v) is 1.45. The molecule has 2 heterocycles.